The van der Waals surface area contributed by atoms with Crippen molar-refractivity contribution in [2.75, 3.05) is 6.54 Å². The van der Waals surface area contributed by atoms with Crippen LogP contribution in [0.5, 0.6) is 0 Å². The van der Waals surface area contributed by atoms with Gasteiger partial charge in [0.1, 0.15) is 4.90 Å². The highest BCUT2D eigenvalue weighted by molar-refractivity contribution is 7.89. The van der Waals surface area contributed by atoms with Crippen LogP contribution >= 0.6 is 0 Å². The fraction of sp³-hybridized carbons (Fsp3) is 0.769. The molecule has 0 saturated heterocycles. The minimum Gasteiger partial charge on any atom is -0.329 e. The lowest BCUT2D eigenvalue weighted by Crippen LogP contribution is -2.43. The Hall–Kier alpha value is -0.920. The Balaban J connectivity index is 3.16. The molecule has 0 radical (unpaired) electrons. The first kappa shape index (κ1) is 17.1. The minimum absolute atomic E-state index is 0.273. The first-order chi connectivity index (χ1) is 9.14. The summed E-state index contributed by atoms with van der Waals surface area (Å²) in [4.78, 5) is 0.273. The Morgan fingerprint density at radius 1 is 1.35 bits per heavy atom. The maximum absolute atomic E-state index is 12.6. The predicted octanol–water partition coefficient (Wildman–Crippen LogP) is 1.32. The van der Waals surface area contributed by atoms with E-state index in [9.17, 15) is 8.42 Å². The Kier molecular flexibility index (Phi) is 5.34. The van der Waals surface area contributed by atoms with E-state index in [-0.39, 0.29) is 4.90 Å². The van der Waals surface area contributed by atoms with Crippen molar-refractivity contribution in [2.45, 2.75) is 64.4 Å². The summed E-state index contributed by atoms with van der Waals surface area (Å²) >= 11 is 0. The normalized spacial score (nSPS) is 12.9. The van der Waals surface area contributed by atoms with Crippen LogP contribution in [0.1, 0.15) is 45.0 Å². The van der Waals surface area contributed by atoms with Crippen LogP contribution in [0.25, 0.3) is 0 Å². The van der Waals surface area contributed by atoms with Crippen molar-refractivity contribution in [3.63, 3.8) is 0 Å². The van der Waals surface area contributed by atoms with Gasteiger partial charge in [-0.15, -0.1) is 0 Å². The Bertz CT molecular complexity index is 561. The van der Waals surface area contributed by atoms with Crippen molar-refractivity contribution >= 4 is 10.0 Å². The summed E-state index contributed by atoms with van der Waals surface area (Å²) < 4.78 is 29.6. The SMILES string of the molecule is CCCC(C)(C)NS(=O)(=O)c1c(C)nn(CCN)c1C. The van der Waals surface area contributed by atoms with Gasteiger partial charge in [0.25, 0.3) is 0 Å². The lowest BCUT2D eigenvalue weighted by molar-refractivity contribution is 0.417. The summed E-state index contributed by atoms with van der Waals surface area (Å²) in [6.07, 6.45) is 1.70. The molecule has 6 nitrogen and oxygen atoms in total. The van der Waals surface area contributed by atoms with Gasteiger partial charge in [-0.2, -0.15) is 5.10 Å². The van der Waals surface area contributed by atoms with E-state index >= 15 is 0 Å². The number of sulfonamides is 1. The van der Waals surface area contributed by atoms with Gasteiger partial charge in [0.15, 0.2) is 0 Å². The van der Waals surface area contributed by atoms with Crippen molar-refractivity contribution in [3.8, 4) is 0 Å². The molecule has 1 aromatic rings. The average Bonchev–Trinajstić information content (AvgIpc) is 2.53. The molecule has 0 aliphatic heterocycles. The number of nitrogens with one attached hydrogen (secondary N) is 1. The summed E-state index contributed by atoms with van der Waals surface area (Å²) in [7, 11) is -3.57. The standard InChI is InChI=1S/C13H26N4O2S/c1-6-7-13(4,5)16-20(18,19)12-10(2)15-17(9-8-14)11(12)3/h16H,6-9,14H2,1-5H3. The first-order valence-electron chi connectivity index (χ1n) is 6.92. The summed E-state index contributed by atoms with van der Waals surface area (Å²) in [5.41, 5.74) is 6.19. The number of nitrogens with two attached hydrogens (primary N) is 1. The minimum atomic E-state index is -3.57. The van der Waals surface area contributed by atoms with Crippen LogP contribution in [-0.4, -0.2) is 30.3 Å². The Morgan fingerprint density at radius 2 is 1.95 bits per heavy atom. The van der Waals surface area contributed by atoms with Crippen molar-refractivity contribution in [1.29, 1.82) is 0 Å². The molecule has 116 valence electrons. The zero-order valence-electron chi connectivity index (χ0n) is 13.0. The third kappa shape index (κ3) is 3.80. The van der Waals surface area contributed by atoms with E-state index in [2.05, 4.69) is 9.82 Å². The van der Waals surface area contributed by atoms with Crippen molar-refractivity contribution < 1.29 is 8.42 Å². The largest absolute Gasteiger partial charge is 0.329 e. The number of rotatable bonds is 7. The first-order valence-corrected chi connectivity index (χ1v) is 8.41. The molecular weight excluding hydrogens is 276 g/mol. The second-order valence-electron chi connectivity index (χ2n) is 5.75. The van der Waals surface area contributed by atoms with Crippen LogP contribution in [0.4, 0.5) is 0 Å². The van der Waals surface area contributed by atoms with Crippen LogP contribution in [0.15, 0.2) is 4.90 Å². The van der Waals surface area contributed by atoms with Gasteiger partial charge in [-0.1, -0.05) is 13.3 Å². The van der Waals surface area contributed by atoms with Crippen molar-refractivity contribution in [3.05, 3.63) is 11.4 Å². The lowest BCUT2D eigenvalue weighted by Gasteiger charge is -2.25. The molecule has 0 amide bonds. The van der Waals surface area contributed by atoms with E-state index in [4.69, 9.17) is 5.73 Å². The maximum atomic E-state index is 12.6. The zero-order chi connectivity index (χ0) is 15.6. The van der Waals surface area contributed by atoms with Gasteiger partial charge in [-0.25, -0.2) is 13.1 Å². The van der Waals surface area contributed by atoms with Gasteiger partial charge < -0.3 is 5.73 Å². The van der Waals surface area contributed by atoms with Gasteiger partial charge in [0.2, 0.25) is 10.0 Å². The Labute approximate surface area is 121 Å². The number of nitrogens with zero attached hydrogens (tertiary/aromatic N) is 2. The van der Waals surface area contributed by atoms with E-state index in [0.29, 0.717) is 24.5 Å². The monoisotopic (exact) mass is 302 g/mol. The molecule has 0 aliphatic carbocycles. The molecule has 0 spiro atoms. The highest BCUT2D eigenvalue weighted by atomic mass is 32.2. The highest BCUT2D eigenvalue weighted by Crippen LogP contribution is 2.22. The van der Waals surface area contributed by atoms with E-state index < -0.39 is 15.6 Å². The molecule has 0 atom stereocenters. The van der Waals surface area contributed by atoms with E-state index in [1.807, 2.05) is 20.8 Å². The molecule has 1 rings (SSSR count). The third-order valence-electron chi connectivity index (χ3n) is 3.21. The summed E-state index contributed by atoms with van der Waals surface area (Å²) in [5, 5.41) is 4.26. The van der Waals surface area contributed by atoms with Crippen LogP contribution in [0.3, 0.4) is 0 Å². The van der Waals surface area contributed by atoms with Crippen LogP contribution in [-0.2, 0) is 16.6 Å². The second kappa shape index (κ2) is 6.24. The molecule has 3 N–H and O–H groups in total. The molecule has 1 heterocycles. The molecule has 0 aliphatic rings. The summed E-state index contributed by atoms with van der Waals surface area (Å²) in [6.45, 7) is 10.2. The topological polar surface area (TPSA) is 90.0 Å². The van der Waals surface area contributed by atoms with Crippen molar-refractivity contribution in [1.82, 2.24) is 14.5 Å². The van der Waals surface area contributed by atoms with E-state index in [0.717, 1.165) is 12.8 Å². The fourth-order valence-electron chi connectivity index (χ4n) is 2.50. The summed E-state index contributed by atoms with van der Waals surface area (Å²) in [6, 6.07) is 0. The van der Waals surface area contributed by atoms with Gasteiger partial charge >= 0.3 is 0 Å². The predicted molar refractivity (Wildman–Crippen MR) is 80.1 cm³/mol. The quantitative estimate of drug-likeness (QED) is 0.794. The van der Waals surface area contributed by atoms with Gasteiger partial charge in [0.05, 0.1) is 17.9 Å². The molecular formula is C13H26N4O2S. The van der Waals surface area contributed by atoms with Gasteiger partial charge in [-0.05, 0) is 34.1 Å². The Morgan fingerprint density at radius 3 is 2.45 bits per heavy atom. The van der Waals surface area contributed by atoms with E-state index in [1.54, 1.807) is 18.5 Å². The number of aromatic nitrogens is 2. The number of aryl methyl sites for hydroxylation is 1. The third-order valence-corrected chi connectivity index (χ3v) is 5.16. The van der Waals surface area contributed by atoms with Gasteiger partial charge in [-0.3, -0.25) is 4.68 Å². The van der Waals surface area contributed by atoms with Crippen molar-refractivity contribution in [2.24, 2.45) is 5.73 Å². The molecule has 1 aromatic heterocycles. The molecule has 0 fully saturated rings. The van der Waals surface area contributed by atoms with Gasteiger partial charge in [0, 0.05) is 12.1 Å². The molecule has 0 unspecified atom stereocenters. The smallest absolute Gasteiger partial charge is 0.244 e. The number of hydrogen-bond donors (Lipinski definition) is 2. The molecule has 0 saturated carbocycles. The van der Waals surface area contributed by atoms with Crippen LogP contribution in [0, 0.1) is 13.8 Å². The second-order valence-corrected chi connectivity index (χ2v) is 7.37. The molecule has 7 heteroatoms. The highest BCUT2D eigenvalue weighted by Gasteiger charge is 2.30. The average molecular weight is 302 g/mol. The van der Waals surface area contributed by atoms with Crippen LogP contribution in [0.2, 0.25) is 0 Å². The molecule has 0 aromatic carbocycles. The summed E-state index contributed by atoms with van der Waals surface area (Å²) in [5.74, 6) is 0. The number of hydrogen-bond acceptors (Lipinski definition) is 4. The zero-order valence-corrected chi connectivity index (χ0v) is 13.8. The van der Waals surface area contributed by atoms with Crippen LogP contribution < -0.4 is 10.5 Å². The lowest BCUT2D eigenvalue weighted by atomic mass is 10.0. The molecule has 0 bridgehead atoms. The molecule has 20 heavy (non-hydrogen) atoms. The maximum Gasteiger partial charge on any atom is 0.244 e. The van der Waals surface area contributed by atoms with E-state index in [1.165, 1.54) is 0 Å². The fourth-order valence-corrected chi connectivity index (χ4v) is 4.36.